The molecule has 0 amide bonds. The van der Waals surface area contributed by atoms with E-state index < -0.39 is 0 Å². The van der Waals surface area contributed by atoms with Crippen molar-refractivity contribution in [3.8, 4) is 6.07 Å². The van der Waals surface area contributed by atoms with Crippen LogP contribution in [0.25, 0.3) is 0 Å². The van der Waals surface area contributed by atoms with Crippen LogP contribution in [0.4, 0.5) is 5.95 Å². The average molecular weight is 231 g/mol. The molecule has 0 aliphatic carbocycles. The van der Waals surface area contributed by atoms with Crippen molar-refractivity contribution in [2.24, 2.45) is 0 Å². The molecule has 1 fully saturated rings. The molecule has 1 aliphatic rings. The molecule has 90 valence electrons. The van der Waals surface area contributed by atoms with Gasteiger partial charge in [0.25, 0.3) is 0 Å². The van der Waals surface area contributed by atoms with Gasteiger partial charge in [0.1, 0.15) is 11.8 Å². The van der Waals surface area contributed by atoms with Crippen LogP contribution >= 0.6 is 0 Å². The average Bonchev–Trinajstić information content (AvgIpc) is 2.27. The Hall–Kier alpha value is -1.67. The first-order valence-electron chi connectivity index (χ1n) is 5.76. The lowest BCUT2D eigenvalue weighted by atomic mass is 10.0. The Morgan fingerprint density at radius 3 is 2.88 bits per heavy atom. The molecule has 2 rings (SSSR count). The third-order valence-electron chi connectivity index (χ3n) is 2.81. The molecule has 1 aliphatic heterocycles. The zero-order chi connectivity index (χ0) is 12.5. The number of anilines is 1. The first kappa shape index (κ1) is 11.8. The first-order chi connectivity index (χ1) is 8.00. The highest BCUT2D eigenvalue weighted by Gasteiger charge is 2.27. The van der Waals surface area contributed by atoms with Crippen LogP contribution in [0.15, 0.2) is 6.07 Å². The zero-order valence-electron chi connectivity index (χ0n) is 10.5. The van der Waals surface area contributed by atoms with E-state index in [-0.39, 0.29) is 5.54 Å². The van der Waals surface area contributed by atoms with Gasteiger partial charge in [-0.05, 0) is 26.8 Å². The number of hydrogen-bond acceptors (Lipinski definition) is 5. The van der Waals surface area contributed by atoms with Gasteiger partial charge in [-0.15, -0.1) is 0 Å². The molecule has 0 atom stereocenters. The summed E-state index contributed by atoms with van der Waals surface area (Å²) in [7, 11) is 0. The number of hydrogen-bond donors (Lipinski definition) is 1. The Morgan fingerprint density at radius 2 is 2.24 bits per heavy atom. The van der Waals surface area contributed by atoms with Crippen molar-refractivity contribution in [2.45, 2.75) is 26.3 Å². The molecule has 0 bridgehead atoms. The van der Waals surface area contributed by atoms with Crippen molar-refractivity contribution >= 4 is 5.95 Å². The molecule has 1 saturated heterocycles. The van der Waals surface area contributed by atoms with Gasteiger partial charge in [0.05, 0.1) is 0 Å². The Bertz CT molecular complexity index is 460. The van der Waals surface area contributed by atoms with E-state index in [0.29, 0.717) is 11.6 Å². The van der Waals surface area contributed by atoms with Crippen molar-refractivity contribution < 1.29 is 0 Å². The second-order valence-electron chi connectivity index (χ2n) is 5.04. The molecule has 1 aromatic rings. The molecular formula is C12H17N5. The largest absolute Gasteiger partial charge is 0.338 e. The fourth-order valence-electron chi connectivity index (χ4n) is 2.06. The smallest absolute Gasteiger partial charge is 0.226 e. The second kappa shape index (κ2) is 4.30. The standard InChI is InChI=1S/C12H17N5/c1-9-6-10(7-13)16-11(15-9)17-5-4-14-12(2,3)8-17/h6,14H,4-5,8H2,1-3H3. The number of rotatable bonds is 1. The van der Waals surface area contributed by atoms with Crippen LogP contribution in [-0.2, 0) is 0 Å². The van der Waals surface area contributed by atoms with E-state index in [1.54, 1.807) is 6.07 Å². The molecule has 0 saturated carbocycles. The van der Waals surface area contributed by atoms with Crippen LogP contribution in [0.3, 0.4) is 0 Å². The minimum Gasteiger partial charge on any atom is -0.338 e. The summed E-state index contributed by atoms with van der Waals surface area (Å²) in [6, 6.07) is 3.78. The molecule has 17 heavy (non-hydrogen) atoms. The van der Waals surface area contributed by atoms with Gasteiger partial charge < -0.3 is 10.2 Å². The third kappa shape index (κ3) is 2.71. The summed E-state index contributed by atoms with van der Waals surface area (Å²) < 4.78 is 0. The fourth-order valence-corrected chi connectivity index (χ4v) is 2.06. The number of nitrogens with zero attached hydrogens (tertiary/aromatic N) is 4. The molecule has 1 aromatic heterocycles. The van der Waals surface area contributed by atoms with Crippen molar-refractivity contribution in [2.75, 3.05) is 24.5 Å². The van der Waals surface area contributed by atoms with Gasteiger partial charge in [0.2, 0.25) is 5.95 Å². The molecular weight excluding hydrogens is 214 g/mol. The van der Waals surface area contributed by atoms with E-state index in [4.69, 9.17) is 5.26 Å². The van der Waals surface area contributed by atoms with Crippen LogP contribution in [0.2, 0.25) is 0 Å². The number of piperazine rings is 1. The Kier molecular flexibility index (Phi) is 2.99. The van der Waals surface area contributed by atoms with Crippen LogP contribution < -0.4 is 10.2 Å². The normalized spacial score (nSPS) is 18.8. The maximum atomic E-state index is 8.92. The van der Waals surface area contributed by atoms with Crippen molar-refractivity contribution in [1.82, 2.24) is 15.3 Å². The van der Waals surface area contributed by atoms with E-state index in [2.05, 4.69) is 40.1 Å². The van der Waals surface area contributed by atoms with E-state index in [0.717, 1.165) is 25.3 Å². The first-order valence-corrected chi connectivity index (χ1v) is 5.76. The highest BCUT2D eigenvalue weighted by molar-refractivity contribution is 5.37. The summed E-state index contributed by atoms with van der Waals surface area (Å²) in [6.45, 7) is 8.82. The number of nitrogens with one attached hydrogen (secondary N) is 1. The lowest BCUT2D eigenvalue weighted by Crippen LogP contribution is -2.57. The Morgan fingerprint density at radius 1 is 1.47 bits per heavy atom. The van der Waals surface area contributed by atoms with Gasteiger partial charge >= 0.3 is 0 Å². The van der Waals surface area contributed by atoms with Gasteiger partial charge in [0.15, 0.2) is 0 Å². The van der Waals surface area contributed by atoms with Gasteiger partial charge in [0, 0.05) is 30.9 Å². The van der Waals surface area contributed by atoms with Crippen molar-refractivity contribution in [3.05, 3.63) is 17.5 Å². The Balaban J connectivity index is 2.28. The minimum atomic E-state index is 0.0537. The van der Waals surface area contributed by atoms with Gasteiger partial charge in [-0.1, -0.05) is 0 Å². The monoisotopic (exact) mass is 231 g/mol. The number of aromatic nitrogens is 2. The van der Waals surface area contributed by atoms with Gasteiger partial charge in [-0.25, -0.2) is 9.97 Å². The highest BCUT2D eigenvalue weighted by atomic mass is 15.3. The quantitative estimate of drug-likeness (QED) is 0.776. The zero-order valence-corrected chi connectivity index (χ0v) is 10.5. The third-order valence-corrected chi connectivity index (χ3v) is 2.81. The number of nitriles is 1. The SMILES string of the molecule is Cc1cc(C#N)nc(N2CCNC(C)(C)C2)n1. The summed E-state index contributed by atoms with van der Waals surface area (Å²) in [5.74, 6) is 0.663. The molecule has 5 heteroatoms. The maximum Gasteiger partial charge on any atom is 0.226 e. The fraction of sp³-hybridized carbons (Fsp3) is 0.583. The molecule has 1 N–H and O–H groups in total. The minimum absolute atomic E-state index is 0.0537. The Labute approximate surface area is 101 Å². The molecule has 2 heterocycles. The number of aryl methyl sites for hydroxylation is 1. The van der Waals surface area contributed by atoms with E-state index in [1.807, 2.05) is 6.92 Å². The van der Waals surface area contributed by atoms with Crippen LogP contribution in [-0.4, -0.2) is 35.1 Å². The van der Waals surface area contributed by atoms with E-state index in [1.165, 1.54) is 0 Å². The molecule has 0 radical (unpaired) electrons. The predicted octanol–water partition coefficient (Wildman–Crippen LogP) is 0.845. The van der Waals surface area contributed by atoms with Crippen molar-refractivity contribution in [3.63, 3.8) is 0 Å². The summed E-state index contributed by atoms with van der Waals surface area (Å²) in [5, 5.41) is 12.4. The summed E-state index contributed by atoms with van der Waals surface area (Å²) in [5.41, 5.74) is 1.32. The van der Waals surface area contributed by atoms with Crippen molar-refractivity contribution in [1.29, 1.82) is 5.26 Å². The van der Waals surface area contributed by atoms with Gasteiger partial charge in [-0.3, -0.25) is 0 Å². The topological polar surface area (TPSA) is 64.8 Å². The molecule has 0 spiro atoms. The van der Waals surface area contributed by atoms with E-state index in [9.17, 15) is 0 Å². The van der Waals surface area contributed by atoms with Crippen LogP contribution in [0.5, 0.6) is 0 Å². The lowest BCUT2D eigenvalue weighted by Gasteiger charge is -2.39. The van der Waals surface area contributed by atoms with Crippen LogP contribution in [0.1, 0.15) is 25.2 Å². The molecule has 0 unspecified atom stereocenters. The summed E-state index contributed by atoms with van der Waals surface area (Å²) in [4.78, 5) is 10.8. The maximum absolute atomic E-state index is 8.92. The van der Waals surface area contributed by atoms with Crippen LogP contribution in [0, 0.1) is 18.3 Å². The molecule has 0 aromatic carbocycles. The highest BCUT2D eigenvalue weighted by Crippen LogP contribution is 2.16. The summed E-state index contributed by atoms with van der Waals surface area (Å²) in [6.07, 6.45) is 0. The predicted molar refractivity (Wildman–Crippen MR) is 65.8 cm³/mol. The second-order valence-corrected chi connectivity index (χ2v) is 5.04. The molecule has 5 nitrogen and oxygen atoms in total. The van der Waals surface area contributed by atoms with Gasteiger partial charge in [-0.2, -0.15) is 5.26 Å². The van der Waals surface area contributed by atoms with E-state index >= 15 is 0 Å². The summed E-state index contributed by atoms with van der Waals surface area (Å²) >= 11 is 0. The lowest BCUT2D eigenvalue weighted by molar-refractivity contribution is 0.350.